The van der Waals surface area contributed by atoms with Gasteiger partial charge in [-0.25, -0.2) is 4.79 Å². The first-order valence-electron chi connectivity index (χ1n) is 11.7. The molecule has 7 nitrogen and oxygen atoms in total. The van der Waals surface area contributed by atoms with E-state index in [1.54, 1.807) is 11.9 Å². The molecule has 4 unspecified atom stereocenters. The maximum atomic E-state index is 13.8. The average molecular weight is 448 g/mol. The molecule has 3 aliphatic heterocycles. The van der Waals surface area contributed by atoms with Crippen LogP contribution < -0.4 is 10.2 Å². The van der Waals surface area contributed by atoms with Crippen LogP contribution in [0.1, 0.15) is 29.2 Å². The number of fused-ring (bicyclic) bond motifs is 3. The third kappa shape index (κ3) is 3.69. The first kappa shape index (κ1) is 21.9. The van der Waals surface area contributed by atoms with E-state index in [0.29, 0.717) is 12.5 Å². The molecule has 0 saturated carbocycles. The second-order valence-corrected chi connectivity index (χ2v) is 9.97. The predicted octanol–water partition coefficient (Wildman–Crippen LogP) is 3.05. The number of imide groups is 1. The van der Waals surface area contributed by atoms with E-state index < -0.39 is 6.04 Å². The summed E-state index contributed by atoms with van der Waals surface area (Å²) in [5.74, 6) is 0.281. The van der Waals surface area contributed by atoms with Gasteiger partial charge in [0.15, 0.2) is 0 Å². The molecule has 0 spiro atoms. The highest BCUT2D eigenvalue weighted by molar-refractivity contribution is 6.00. The van der Waals surface area contributed by atoms with E-state index in [2.05, 4.69) is 71.4 Å². The largest absolute Gasteiger partial charge is 0.343 e. The number of carbonyl (C=O) groups excluding carboxylic acids is 2. The van der Waals surface area contributed by atoms with Crippen LogP contribution in [-0.2, 0) is 11.3 Å². The molecule has 3 aliphatic rings. The Morgan fingerprint density at radius 1 is 0.970 bits per heavy atom. The third-order valence-electron chi connectivity index (χ3n) is 7.28. The number of nitrogens with zero attached hydrogens (tertiary/aromatic N) is 4. The Hall–Kier alpha value is -2.90. The summed E-state index contributed by atoms with van der Waals surface area (Å²) < 4.78 is 0. The summed E-state index contributed by atoms with van der Waals surface area (Å²) in [6, 6.07) is 14.0. The molecule has 0 radical (unpaired) electrons. The molecule has 3 amide bonds. The van der Waals surface area contributed by atoms with Crippen molar-refractivity contribution < 1.29 is 9.59 Å². The zero-order valence-corrected chi connectivity index (χ0v) is 20.1. The van der Waals surface area contributed by atoms with Gasteiger partial charge in [0.25, 0.3) is 5.91 Å². The fourth-order valence-electron chi connectivity index (χ4n) is 5.44. The van der Waals surface area contributed by atoms with Gasteiger partial charge in [-0.05, 0) is 49.9 Å². The Kier molecular flexibility index (Phi) is 5.41. The molecule has 33 heavy (non-hydrogen) atoms. The topological polar surface area (TPSA) is 59.1 Å². The fourth-order valence-corrected chi connectivity index (χ4v) is 5.44. The summed E-state index contributed by atoms with van der Waals surface area (Å²) in [6.45, 7) is 10.4. The number of anilines is 1. The molecule has 0 aliphatic carbocycles. The van der Waals surface area contributed by atoms with Gasteiger partial charge in [-0.1, -0.05) is 48.4 Å². The van der Waals surface area contributed by atoms with Crippen LogP contribution in [0.3, 0.4) is 0 Å². The maximum absolute atomic E-state index is 13.8. The van der Waals surface area contributed by atoms with Crippen molar-refractivity contribution in [3.63, 3.8) is 0 Å². The van der Waals surface area contributed by atoms with Crippen molar-refractivity contribution >= 4 is 17.6 Å². The normalized spacial score (nSPS) is 27.7. The van der Waals surface area contributed by atoms with Crippen LogP contribution >= 0.6 is 0 Å². The molecule has 0 bridgehead atoms. The summed E-state index contributed by atoms with van der Waals surface area (Å²) in [5.41, 5.74) is 5.57. The van der Waals surface area contributed by atoms with Crippen molar-refractivity contribution in [2.24, 2.45) is 5.92 Å². The van der Waals surface area contributed by atoms with Crippen molar-refractivity contribution in [1.29, 1.82) is 0 Å². The lowest BCUT2D eigenvalue weighted by atomic mass is 10.0. The molecule has 3 heterocycles. The lowest BCUT2D eigenvalue weighted by Gasteiger charge is -2.46. The Morgan fingerprint density at radius 2 is 1.67 bits per heavy atom. The smallest absolute Gasteiger partial charge is 0.328 e. The highest BCUT2D eigenvalue weighted by Gasteiger charge is 2.56. The molecule has 4 atom stereocenters. The number of carbonyl (C=O) groups is 2. The molecular formula is C26H33N5O2. The minimum Gasteiger partial charge on any atom is -0.343 e. The summed E-state index contributed by atoms with van der Waals surface area (Å²) >= 11 is 0. The van der Waals surface area contributed by atoms with Crippen molar-refractivity contribution in [2.45, 2.75) is 52.7 Å². The highest BCUT2D eigenvalue weighted by atomic mass is 16.2. The number of aryl methyl sites for hydroxylation is 3. The van der Waals surface area contributed by atoms with Crippen molar-refractivity contribution in [3.05, 3.63) is 64.7 Å². The summed E-state index contributed by atoms with van der Waals surface area (Å²) in [4.78, 5) is 34.8. The van der Waals surface area contributed by atoms with E-state index in [4.69, 9.17) is 0 Å². The minimum atomic E-state index is -0.404. The number of hydrogen-bond acceptors (Lipinski definition) is 5. The lowest BCUT2D eigenvalue weighted by Crippen LogP contribution is -2.66. The quantitative estimate of drug-likeness (QED) is 0.784. The Labute approximate surface area is 195 Å². The van der Waals surface area contributed by atoms with Gasteiger partial charge in [-0.2, -0.15) is 0 Å². The number of nitrogens with one attached hydrogen (secondary N) is 1. The van der Waals surface area contributed by atoms with Gasteiger partial charge in [0, 0.05) is 25.8 Å². The Morgan fingerprint density at radius 3 is 2.39 bits per heavy atom. The molecule has 1 N–H and O–H groups in total. The number of benzene rings is 2. The zero-order chi connectivity index (χ0) is 23.4. The molecule has 2 aromatic carbocycles. The van der Waals surface area contributed by atoms with Crippen LogP contribution in [0.15, 0.2) is 42.5 Å². The van der Waals surface area contributed by atoms with E-state index in [1.807, 2.05) is 13.8 Å². The average Bonchev–Trinajstić information content (AvgIpc) is 3.17. The minimum absolute atomic E-state index is 0.114. The first-order valence-corrected chi connectivity index (χ1v) is 11.7. The standard InChI is InChI=1S/C26H33N5O2/c1-16-7-10-21(11-8-16)29-13-18(3)14-30-22-23(27-25(29)30)28(5)26(33)31(24(22)32)15-20-12-17(2)6-9-19(20)4/h6-12,18,22-23,25,27H,13-15H2,1-5H3. The molecule has 174 valence electrons. The number of rotatable bonds is 3. The van der Waals surface area contributed by atoms with E-state index in [-0.39, 0.29) is 24.4 Å². The van der Waals surface area contributed by atoms with Gasteiger partial charge >= 0.3 is 6.03 Å². The predicted molar refractivity (Wildman–Crippen MR) is 129 cm³/mol. The molecule has 3 saturated heterocycles. The zero-order valence-electron chi connectivity index (χ0n) is 20.1. The number of urea groups is 1. The lowest BCUT2D eigenvalue weighted by molar-refractivity contribution is -0.139. The number of hydrogen-bond donors (Lipinski definition) is 1. The van der Waals surface area contributed by atoms with Crippen molar-refractivity contribution in [3.8, 4) is 0 Å². The van der Waals surface area contributed by atoms with Gasteiger partial charge in [0.2, 0.25) is 0 Å². The van der Waals surface area contributed by atoms with Crippen LogP contribution in [0.25, 0.3) is 0 Å². The number of likely N-dealkylation sites (N-methyl/N-ethyl adjacent to an activating group) is 1. The van der Waals surface area contributed by atoms with Gasteiger partial charge in [-0.15, -0.1) is 0 Å². The van der Waals surface area contributed by atoms with E-state index in [9.17, 15) is 9.59 Å². The van der Waals surface area contributed by atoms with Gasteiger partial charge in [0.1, 0.15) is 18.5 Å². The summed E-state index contributed by atoms with van der Waals surface area (Å²) in [7, 11) is 1.80. The van der Waals surface area contributed by atoms with Crippen molar-refractivity contribution in [2.75, 3.05) is 25.0 Å². The molecule has 2 aromatic rings. The Bertz CT molecular complexity index is 1080. The fraction of sp³-hybridized carbons (Fsp3) is 0.462. The molecule has 0 aromatic heterocycles. The van der Waals surface area contributed by atoms with Gasteiger partial charge in [-0.3, -0.25) is 19.9 Å². The molecule has 5 rings (SSSR count). The van der Waals surface area contributed by atoms with Crippen LogP contribution in [0.4, 0.5) is 10.5 Å². The van der Waals surface area contributed by atoms with Gasteiger partial charge in [0.05, 0.1) is 6.54 Å². The van der Waals surface area contributed by atoms with Crippen LogP contribution in [0.5, 0.6) is 0 Å². The van der Waals surface area contributed by atoms with Crippen molar-refractivity contribution in [1.82, 2.24) is 20.0 Å². The maximum Gasteiger partial charge on any atom is 0.328 e. The van der Waals surface area contributed by atoms with Crippen LogP contribution in [-0.4, -0.2) is 65.3 Å². The highest BCUT2D eigenvalue weighted by Crippen LogP contribution is 2.35. The monoisotopic (exact) mass is 447 g/mol. The molecule has 3 fully saturated rings. The van der Waals surface area contributed by atoms with Crippen LogP contribution in [0.2, 0.25) is 0 Å². The number of amides is 3. The summed E-state index contributed by atoms with van der Waals surface area (Å²) in [5, 5.41) is 3.60. The Balaban J connectivity index is 1.46. The van der Waals surface area contributed by atoms with Crippen LogP contribution in [0, 0.1) is 26.7 Å². The SMILES string of the molecule is Cc1ccc(N2CC(C)CN3C4C(=O)N(Cc5cc(C)ccc5C)C(=O)N(C)C4NC23)cc1. The van der Waals surface area contributed by atoms with Gasteiger partial charge < -0.3 is 9.80 Å². The molecule has 7 heteroatoms. The van der Waals surface area contributed by atoms with E-state index >= 15 is 0 Å². The second-order valence-electron chi connectivity index (χ2n) is 9.97. The third-order valence-corrected chi connectivity index (χ3v) is 7.28. The molecular weight excluding hydrogens is 414 g/mol. The van der Waals surface area contributed by atoms with E-state index in [1.165, 1.54) is 10.5 Å². The first-order chi connectivity index (χ1) is 15.7. The van der Waals surface area contributed by atoms with E-state index in [0.717, 1.165) is 35.5 Å². The summed E-state index contributed by atoms with van der Waals surface area (Å²) in [6.07, 6.45) is -0.470. The second kappa shape index (κ2) is 8.15.